The number of nitro benzene ring substituents is 1. The maximum atomic E-state index is 10.2. The highest BCUT2D eigenvalue weighted by Crippen LogP contribution is 2.25. The van der Waals surface area contributed by atoms with Crippen LogP contribution in [0.4, 0.5) is 5.69 Å². The van der Waals surface area contributed by atoms with Crippen molar-refractivity contribution in [2.75, 3.05) is 0 Å². The normalized spacial score (nSPS) is 8.20. The minimum atomic E-state index is -0.684. The summed E-state index contributed by atoms with van der Waals surface area (Å²) in [6.07, 6.45) is 0. The molecule has 0 spiro atoms. The van der Waals surface area contributed by atoms with Gasteiger partial charge in [0.05, 0.1) is 11.5 Å². The maximum absolute atomic E-state index is 10.2. The summed E-state index contributed by atoms with van der Waals surface area (Å²) in [5.41, 5.74) is 0.0882. The molecule has 0 radical (unpaired) electrons. The lowest BCUT2D eigenvalue weighted by Gasteiger charge is -1.97. The van der Waals surface area contributed by atoms with E-state index in [-0.39, 0.29) is 19.7 Å². The molecule has 1 rings (SSSR count). The summed E-state index contributed by atoms with van der Waals surface area (Å²) in [4.78, 5) is 9.52. The van der Waals surface area contributed by atoms with E-state index in [0.717, 1.165) is 12.1 Å². The van der Waals surface area contributed by atoms with Crippen LogP contribution in [0.1, 0.15) is 26.8 Å². The van der Waals surface area contributed by atoms with Gasteiger partial charge in [-0.25, -0.2) is 0 Å². The van der Waals surface area contributed by atoms with Crippen molar-refractivity contribution in [1.82, 2.24) is 0 Å². The zero-order valence-electron chi connectivity index (χ0n) is 8.10. The highest BCUT2D eigenvalue weighted by atomic mass is 16.6. The third-order valence-corrected chi connectivity index (χ3v) is 1.42. The second kappa shape index (κ2) is 7.75. The summed E-state index contributed by atoms with van der Waals surface area (Å²) in [5.74, 6) is -0.424. The van der Waals surface area contributed by atoms with Gasteiger partial charge in [0.1, 0.15) is 0 Å². The predicted octanol–water partition coefficient (Wildman–Crippen LogP) is 2.46. The van der Waals surface area contributed by atoms with Crippen molar-refractivity contribution in [1.29, 1.82) is 0 Å². The number of nitrogens with zero attached hydrogens (tertiary/aromatic N) is 1. The molecule has 0 fully saturated rings. The topological polar surface area (TPSA) is 83.6 Å². The van der Waals surface area contributed by atoms with Crippen molar-refractivity contribution in [3.05, 3.63) is 33.9 Å². The van der Waals surface area contributed by atoms with Crippen LogP contribution in [-0.4, -0.2) is 15.1 Å². The van der Waals surface area contributed by atoms with E-state index in [9.17, 15) is 10.1 Å². The van der Waals surface area contributed by atoms with Crippen molar-refractivity contribution >= 4 is 5.69 Å². The lowest BCUT2D eigenvalue weighted by Crippen LogP contribution is -1.90. The molecule has 0 unspecified atom stereocenters. The SMILES string of the molecule is C.CC.O=[N+]([O-])c1ccc(CO)cc1O. The molecular weight excluding hydrogens is 198 g/mol. The number of aromatic hydroxyl groups is 1. The molecule has 0 bridgehead atoms. The van der Waals surface area contributed by atoms with Crippen LogP contribution in [0, 0.1) is 10.1 Å². The van der Waals surface area contributed by atoms with Crippen molar-refractivity contribution < 1.29 is 15.1 Å². The first-order valence-corrected chi connectivity index (χ1v) is 4.22. The van der Waals surface area contributed by atoms with E-state index in [1.807, 2.05) is 13.8 Å². The van der Waals surface area contributed by atoms with Gasteiger partial charge in [0.2, 0.25) is 0 Å². The van der Waals surface area contributed by atoms with E-state index in [0.29, 0.717) is 5.56 Å². The van der Waals surface area contributed by atoms with E-state index in [4.69, 9.17) is 10.2 Å². The fourth-order valence-electron chi connectivity index (χ4n) is 0.822. The van der Waals surface area contributed by atoms with Crippen LogP contribution >= 0.6 is 0 Å². The zero-order chi connectivity index (χ0) is 11.1. The lowest BCUT2D eigenvalue weighted by atomic mass is 10.2. The average molecular weight is 215 g/mol. The average Bonchev–Trinajstić information content (AvgIpc) is 2.20. The number of hydrogen-bond acceptors (Lipinski definition) is 4. The minimum absolute atomic E-state index is 0. The Labute approximate surface area is 89.1 Å². The van der Waals surface area contributed by atoms with Crippen molar-refractivity contribution in [2.45, 2.75) is 27.9 Å². The van der Waals surface area contributed by atoms with Crippen LogP contribution in [-0.2, 0) is 6.61 Å². The molecule has 2 N–H and O–H groups in total. The van der Waals surface area contributed by atoms with E-state index >= 15 is 0 Å². The number of hydrogen-bond donors (Lipinski definition) is 2. The summed E-state index contributed by atoms with van der Waals surface area (Å²) >= 11 is 0. The standard InChI is InChI=1S/C7H7NO4.C2H6.CH4/c9-4-5-1-2-6(8(11)12)7(10)3-5;1-2;/h1-3,9-10H,4H2;1-2H3;1H4. The Morgan fingerprint density at radius 3 is 2.27 bits per heavy atom. The Hall–Kier alpha value is -1.62. The third-order valence-electron chi connectivity index (χ3n) is 1.42. The van der Waals surface area contributed by atoms with Crippen LogP contribution < -0.4 is 0 Å². The quantitative estimate of drug-likeness (QED) is 0.586. The summed E-state index contributed by atoms with van der Waals surface area (Å²) in [5, 5.41) is 27.9. The first-order valence-electron chi connectivity index (χ1n) is 4.22. The maximum Gasteiger partial charge on any atom is 0.310 e. The number of aliphatic hydroxyl groups is 1. The second-order valence-electron chi connectivity index (χ2n) is 2.24. The van der Waals surface area contributed by atoms with Crippen LogP contribution in [0.2, 0.25) is 0 Å². The van der Waals surface area contributed by atoms with Gasteiger partial charge in [-0.2, -0.15) is 0 Å². The summed E-state index contributed by atoms with van der Waals surface area (Å²) in [6.45, 7) is 3.76. The van der Waals surface area contributed by atoms with Crippen LogP contribution in [0.3, 0.4) is 0 Å². The number of nitro groups is 1. The Morgan fingerprint density at radius 2 is 1.93 bits per heavy atom. The van der Waals surface area contributed by atoms with Gasteiger partial charge in [0.15, 0.2) is 5.75 Å². The van der Waals surface area contributed by atoms with Gasteiger partial charge in [0, 0.05) is 6.07 Å². The molecule has 0 aliphatic rings. The Morgan fingerprint density at radius 1 is 1.40 bits per heavy atom. The Balaban J connectivity index is 0. The molecule has 0 aliphatic carbocycles. The van der Waals surface area contributed by atoms with Crippen molar-refractivity contribution in [2.24, 2.45) is 0 Å². The largest absolute Gasteiger partial charge is 0.502 e. The first kappa shape index (κ1) is 15.8. The van der Waals surface area contributed by atoms with Crippen LogP contribution in [0.15, 0.2) is 18.2 Å². The smallest absolute Gasteiger partial charge is 0.310 e. The number of phenolic OH excluding ortho intramolecular Hbond substituents is 1. The highest BCUT2D eigenvalue weighted by molar-refractivity contribution is 5.47. The summed E-state index contributed by atoms with van der Waals surface area (Å²) in [6, 6.07) is 3.71. The van der Waals surface area contributed by atoms with Gasteiger partial charge in [-0.15, -0.1) is 0 Å². The third kappa shape index (κ3) is 4.42. The van der Waals surface area contributed by atoms with Gasteiger partial charge in [-0.05, 0) is 17.7 Å². The Kier molecular flexibility index (Phi) is 8.18. The molecule has 0 aromatic heterocycles. The van der Waals surface area contributed by atoms with Crippen molar-refractivity contribution in [3.8, 4) is 5.75 Å². The fourth-order valence-corrected chi connectivity index (χ4v) is 0.822. The minimum Gasteiger partial charge on any atom is -0.502 e. The molecule has 15 heavy (non-hydrogen) atoms. The van der Waals surface area contributed by atoms with Crippen LogP contribution in [0.25, 0.3) is 0 Å². The monoisotopic (exact) mass is 215 g/mol. The molecule has 0 atom stereocenters. The van der Waals surface area contributed by atoms with Crippen molar-refractivity contribution in [3.63, 3.8) is 0 Å². The molecule has 1 aromatic carbocycles. The molecule has 86 valence electrons. The molecule has 5 heteroatoms. The number of rotatable bonds is 2. The highest BCUT2D eigenvalue weighted by Gasteiger charge is 2.11. The lowest BCUT2D eigenvalue weighted by molar-refractivity contribution is -0.385. The molecule has 5 nitrogen and oxygen atoms in total. The summed E-state index contributed by atoms with van der Waals surface area (Å²) in [7, 11) is 0. The van der Waals surface area contributed by atoms with E-state index in [2.05, 4.69) is 0 Å². The molecule has 1 aromatic rings. The number of aliphatic hydroxyl groups excluding tert-OH is 1. The van der Waals surface area contributed by atoms with Gasteiger partial charge < -0.3 is 10.2 Å². The molecule has 0 heterocycles. The molecular formula is C10H17NO4. The summed E-state index contributed by atoms with van der Waals surface area (Å²) < 4.78 is 0. The molecule has 0 aliphatic heterocycles. The van der Waals surface area contributed by atoms with E-state index in [1.165, 1.54) is 6.07 Å². The van der Waals surface area contributed by atoms with E-state index < -0.39 is 10.7 Å². The van der Waals surface area contributed by atoms with Gasteiger partial charge >= 0.3 is 5.69 Å². The van der Waals surface area contributed by atoms with Gasteiger partial charge in [-0.3, -0.25) is 10.1 Å². The predicted molar refractivity (Wildman–Crippen MR) is 58.8 cm³/mol. The number of phenols is 1. The van der Waals surface area contributed by atoms with E-state index in [1.54, 1.807) is 0 Å². The Bertz CT molecular complexity index is 312. The molecule has 0 saturated carbocycles. The molecule has 0 amide bonds. The second-order valence-corrected chi connectivity index (χ2v) is 2.24. The first-order chi connectivity index (χ1) is 6.65. The number of benzene rings is 1. The van der Waals surface area contributed by atoms with Gasteiger partial charge in [-0.1, -0.05) is 21.3 Å². The van der Waals surface area contributed by atoms with Gasteiger partial charge in [0.25, 0.3) is 0 Å². The van der Waals surface area contributed by atoms with Crippen LogP contribution in [0.5, 0.6) is 5.75 Å². The zero-order valence-corrected chi connectivity index (χ0v) is 8.10. The molecule has 0 saturated heterocycles. The fraction of sp³-hybridized carbons (Fsp3) is 0.400.